The largest absolute Gasteiger partial charge is 0.300 e. The molecule has 0 atom stereocenters. The zero-order chi connectivity index (χ0) is 10.7. The van der Waals surface area contributed by atoms with Crippen molar-refractivity contribution in [3.63, 3.8) is 0 Å². The average molecular weight is 259 g/mol. The summed E-state index contributed by atoms with van der Waals surface area (Å²) in [5, 5.41) is 4.37. The second-order valence-electron chi connectivity index (χ2n) is 3.51. The summed E-state index contributed by atoms with van der Waals surface area (Å²) in [6, 6.07) is 0. The van der Waals surface area contributed by atoms with Gasteiger partial charge in [0.05, 0.1) is 10.2 Å². The standard InChI is InChI=1S/C10H15BrN2O/c1-7(14)5-4-6-13-9(3)10(11)8(2)12-13/h4-6H2,1-3H3. The van der Waals surface area contributed by atoms with Crippen molar-refractivity contribution in [2.24, 2.45) is 0 Å². The summed E-state index contributed by atoms with van der Waals surface area (Å²) in [5.41, 5.74) is 2.14. The fraction of sp³-hybridized carbons (Fsp3) is 0.600. The Morgan fingerprint density at radius 2 is 2.14 bits per heavy atom. The number of rotatable bonds is 4. The molecule has 0 aliphatic rings. The van der Waals surface area contributed by atoms with E-state index in [9.17, 15) is 4.79 Å². The number of ketones is 1. The third kappa shape index (κ3) is 2.67. The maximum Gasteiger partial charge on any atom is 0.129 e. The van der Waals surface area contributed by atoms with Crippen LogP contribution in [0.15, 0.2) is 4.47 Å². The number of hydrogen-bond donors (Lipinski definition) is 0. The molecule has 78 valence electrons. The predicted octanol–water partition coefficient (Wildman–Crippen LogP) is 2.63. The number of nitrogens with zero attached hydrogens (tertiary/aromatic N) is 2. The van der Waals surface area contributed by atoms with Crippen LogP contribution in [0.25, 0.3) is 0 Å². The molecule has 0 aliphatic heterocycles. The molecule has 1 heterocycles. The van der Waals surface area contributed by atoms with Crippen molar-refractivity contribution in [2.45, 2.75) is 40.2 Å². The normalized spacial score (nSPS) is 10.6. The van der Waals surface area contributed by atoms with E-state index in [0.717, 1.165) is 28.8 Å². The Morgan fingerprint density at radius 3 is 2.57 bits per heavy atom. The van der Waals surface area contributed by atoms with E-state index in [1.54, 1.807) is 6.92 Å². The first-order chi connectivity index (χ1) is 6.52. The SMILES string of the molecule is CC(=O)CCCn1nc(C)c(Br)c1C. The van der Waals surface area contributed by atoms with Crippen LogP contribution >= 0.6 is 15.9 Å². The van der Waals surface area contributed by atoms with Gasteiger partial charge in [-0.15, -0.1) is 0 Å². The fourth-order valence-corrected chi connectivity index (χ4v) is 1.65. The number of aryl methyl sites for hydroxylation is 2. The van der Waals surface area contributed by atoms with Crippen molar-refractivity contribution in [1.29, 1.82) is 0 Å². The molecule has 0 saturated carbocycles. The molecule has 0 unspecified atom stereocenters. The molecule has 4 heteroatoms. The van der Waals surface area contributed by atoms with Crippen molar-refractivity contribution < 1.29 is 4.79 Å². The van der Waals surface area contributed by atoms with Gasteiger partial charge in [0, 0.05) is 18.7 Å². The minimum atomic E-state index is 0.241. The smallest absolute Gasteiger partial charge is 0.129 e. The molecule has 0 aliphatic carbocycles. The topological polar surface area (TPSA) is 34.9 Å². The van der Waals surface area contributed by atoms with Crippen molar-refractivity contribution in [1.82, 2.24) is 9.78 Å². The van der Waals surface area contributed by atoms with Crippen LogP contribution in [-0.2, 0) is 11.3 Å². The van der Waals surface area contributed by atoms with Crippen LogP contribution in [0.3, 0.4) is 0 Å². The summed E-state index contributed by atoms with van der Waals surface area (Å²) >= 11 is 3.47. The summed E-state index contributed by atoms with van der Waals surface area (Å²) in [4.78, 5) is 10.8. The van der Waals surface area contributed by atoms with Crippen LogP contribution in [0, 0.1) is 13.8 Å². The maximum atomic E-state index is 10.8. The van der Waals surface area contributed by atoms with E-state index in [-0.39, 0.29) is 5.78 Å². The zero-order valence-corrected chi connectivity index (χ0v) is 10.4. The molecule has 1 aromatic rings. The van der Waals surface area contributed by atoms with Gasteiger partial charge in [0.2, 0.25) is 0 Å². The van der Waals surface area contributed by atoms with E-state index in [1.807, 2.05) is 18.5 Å². The predicted molar refractivity (Wildman–Crippen MR) is 59.3 cm³/mol. The van der Waals surface area contributed by atoms with Gasteiger partial charge in [0.25, 0.3) is 0 Å². The molecule has 3 nitrogen and oxygen atoms in total. The lowest BCUT2D eigenvalue weighted by molar-refractivity contribution is -0.117. The Kier molecular flexibility index (Phi) is 3.86. The van der Waals surface area contributed by atoms with E-state index < -0.39 is 0 Å². The number of hydrogen-bond acceptors (Lipinski definition) is 2. The summed E-state index contributed by atoms with van der Waals surface area (Å²) in [5.74, 6) is 0.241. The van der Waals surface area contributed by atoms with Crippen LogP contribution in [0.5, 0.6) is 0 Å². The third-order valence-electron chi connectivity index (χ3n) is 2.19. The highest BCUT2D eigenvalue weighted by molar-refractivity contribution is 9.10. The van der Waals surface area contributed by atoms with Gasteiger partial charge in [-0.1, -0.05) is 0 Å². The summed E-state index contributed by atoms with van der Waals surface area (Å²) in [6.07, 6.45) is 1.50. The molecule has 0 radical (unpaired) electrons. The molecular weight excluding hydrogens is 244 g/mol. The first-order valence-electron chi connectivity index (χ1n) is 4.71. The van der Waals surface area contributed by atoms with Crippen LogP contribution < -0.4 is 0 Å². The average Bonchev–Trinajstić information content (AvgIpc) is 2.33. The van der Waals surface area contributed by atoms with E-state index in [2.05, 4.69) is 21.0 Å². The number of carbonyl (C=O) groups is 1. The minimum absolute atomic E-state index is 0.241. The first-order valence-corrected chi connectivity index (χ1v) is 5.50. The lowest BCUT2D eigenvalue weighted by Crippen LogP contribution is -2.04. The lowest BCUT2D eigenvalue weighted by Gasteiger charge is -2.02. The Bertz CT molecular complexity index is 344. The van der Waals surface area contributed by atoms with Crippen molar-refractivity contribution in [2.75, 3.05) is 0 Å². The van der Waals surface area contributed by atoms with Gasteiger partial charge in [-0.2, -0.15) is 5.10 Å². The van der Waals surface area contributed by atoms with E-state index in [4.69, 9.17) is 0 Å². The summed E-state index contributed by atoms with van der Waals surface area (Å²) in [7, 11) is 0. The molecule has 1 aromatic heterocycles. The van der Waals surface area contributed by atoms with Gasteiger partial charge >= 0.3 is 0 Å². The van der Waals surface area contributed by atoms with Gasteiger partial charge < -0.3 is 4.79 Å². The van der Waals surface area contributed by atoms with Crippen molar-refractivity contribution >= 4 is 21.7 Å². The third-order valence-corrected chi connectivity index (χ3v) is 3.34. The molecule has 1 rings (SSSR count). The van der Waals surface area contributed by atoms with E-state index in [0.29, 0.717) is 6.42 Å². The Morgan fingerprint density at radius 1 is 1.50 bits per heavy atom. The number of halogens is 1. The highest BCUT2D eigenvalue weighted by Gasteiger charge is 2.07. The monoisotopic (exact) mass is 258 g/mol. The van der Waals surface area contributed by atoms with Gasteiger partial charge in [0.15, 0.2) is 0 Å². The van der Waals surface area contributed by atoms with Crippen molar-refractivity contribution in [3.8, 4) is 0 Å². The first kappa shape index (κ1) is 11.4. The van der Waals surface area contributed by atoms with Crippen LogP contribution in [0.1, 0.15) is 31.2 Å². The Labute approximate surface area is 92.6 Å². The van der Waals surface area contributed by atoms with Crippen LogP contribution in [-0.4, -0.2) is 15.6 Å². The van der Waals surface area contributed by atoms with Gasteiger partial charge in [-0.05, 0) is 43.1 Å². The zero-order valence-electron chi connectivity index (χ0n) is 8.80. The van der Waals surface area contributed by atoms with Crippen LogP contribution in [0.2, 0.25) is 0 Å². The summed E-state index contributed by atoms with van der Waals surface area (Å²) in [6.45, 7) is 6.44. The second kappa shape index (κ2) is 4.73. The lowest BCUT2D eigenvalue weighted by atomic mass is 10.2. The van der Waals surface area contributed by atoms with Gasteiger partial charge in [0.1, 0.15) is 5.78 Å². The Balaban J connectivity index is 2.59. The van der Waals surface area contributed by atoms with E-state index >= 15 is 0 Å². The number of aromatic nitrogens is 2. The quantitative estimate of drug-likeness (QED) is 0.833. The molecule has 0 saturated heterocycles. The molecule has 0 N–H and O–H groups in total. The van der Waals surface area contributed by atoms with Gasteiger partial charge in [-0.25, -0.2) is 0 Å². The number of Topliss-reactive ketones (excluding diaryl/α,β-unsaturated/α-hetero) is 1. The molecule has 0 fully saturated rings. The van der Waals surface area contributed by atoms with Crippen molar-refractivity contribution in [3.05, 3.63) is 15.9 Å². The van der Waals surface area contributed by atoms with Gasteiger partial charge in [-0.3, -0.25) is 4.68 Å². The second-order valence-corrected chi connectivity index (χ2v) is 4.31. The minimum Gasteiger partial charge on any atom is -0.300 e. The molecule has 0 bridgehead atoms. The molecule has 0 aromatic carbocycles. The molecule has 0 amide bonds. The Hall–Kier alpha value is -0.640. The van der Waals surface area contributed by atoms with Crippen LogP contribution in [0.4, 0.5) is 0 Å². The maximum absolute atomic E-state index is 10.8. The highest BCUT2D eigenvalue weighted by Crippen LogP contribution is 2.19. The van der Waals surface area contributed by atoms with E-state index in [1.165, 1.54) is 0 Å². The number of carbonyl (C=O) groups excluding carboxylic acids is 1. The highest BCUT2D eigenvalue weighted by atomic mass is 79.9. The molecular formula is C10H15BrN2O. The molecule has 14 heavy (non-hydrogen) atoms. The fourth-order valence-electron chi connectivity index (χ4n) is 1.37. The molecule has 0 spiro atoms. The summed E-state index contributed by atoms with van der Waals surface area (Å²) < 4.78 is 3.02.